The molecule has 7 nitrogen and oxygen atoms in total. The number of carboxylic acid groups (broad SMARTS) is 1. The summed E-state index contributed by atoms with van der Waals surface area (Å²) in [5.41, 5.74) is 2.66. The molecule has 0 saturated carbocycles. The second-order valence-electron chi connectivity index (χ2n) is 8.01. The number of imide groups is 1. The molecule has 0 radical (unpaired) electrons. The third-order valence-electron chi connectivity index (χ3n) is 6.02. The molecule has 3 heterocycles. The number of carbonyl (C=O) groups is 3. The van der Waals surface area contributed by atoms with Crippen molar-refractivity contribution in [2.75, 3.05) is 6.54 Å². The third kappa shape index (κ3) is 3.67. The summed E-state index contributed by atoms with van der Waals surface area (Å²) >= 11 is 0. The monoisotopic (exact) mass is 407 g/mol. The Hall–Kier alpha value is -3.22. The van der Waals surface area contributed by atoms with Gasteiger partial charge in [-0.3, -0.25) is 9.78 Å². The van der Waals surface area contributed by atoms with E-state index in [9.17, 15) is 19.5 Å². The average Bonchev–Trinajstić information content (AvgIpc) is 2.75. The highest BCUT2D eigenvalue weighted by Gasteiger charge is 2.56. The van der Waals surface area contributed by atoms with Crippen LogP contribution in [0.2, 0.25) is 0 Å². The van der Waals surface area contributed by atoms with Gasteiger partial charge in [0, 0.05) is 18.4 Å². The molecule has 2 fully saturated rings. The molecule has 2 aliphatic heterocycles. The fourth-order valence-corrected chi connectivity index (χ4v) is 4.55. The van der Waals surface area contributed by atoms with Gasteiger partial charge < -0.3 is 10.0 Å². The number of piperidine rings is 1. The van der Waals surface area contributed by atoms with E-state index in [1.807, 2.05) is 43.3 Å². The van der Waals surface area contributed by atoms with E-state index in [0.29, 0.717) is 6.54 Å². The van der Waals surface area contributed by atoms with E-state index in [1.165, 1.54) is 0 Å². The smallest absolute Gasteiger partial charge is 0.328 e. The Morgan fingerprint density at radius 3 is 2.63 bits per heavy atom. The number of hydrogen-bond donors (Lipinski definition) is 1. The SMILES string of the molecule is Cc1cc(C[C@H]2C(=O)N(C(=O)N3CCCCC3c3ccccc3)[C@@H]2C(=O)O)ccn1. The lowest BCUT2D eigenvalue weighted by Gasteiger charge is -2.47. The lowest BCUT2D eigenvalue weighted by Crippen LogP contribution is -2.69. The molecule has 1 N–H and O–H groups in total. The first-order valence-electron chi connectivity index (χ1n) is 10.3. The molecule has 2 aliphatic rings. The summed E-state index contributed by atoms with van der Waals surface area (Å²) in [6.45, 7) is 2.36. The maximum absolute atomic E-state index is 13.3. The molecule has 3 atom stereocenters. The van der Waals surface area contributed by atoms with Crippen molar-refractivity contribution < 1.29 is 19.5 Å². The molecule has 0 spiro atoms. The predicted octanol–water partition coefficient (Wildman–Crippen LogP) is 3.19. The van der Waals surface area contributed by atoms with E-state index in [4.69, 9.17) is 0 Å². The average molecular weight is 407 g/mol. The Bertz CT molecular complexity index is 962. The standard InChI is InChI=1S/C23H25N3O4/c1-15-13-16(10-11-24-15)14-18-20(22(28)29)26(21(18)27)23(30)25-12-6-5-9-19(25)17-7-3-2-4-8-17/h2-4,7-8,10-11,13,18-20H,5-6,9,12,14H2,1H3,(H,28,29)/t18-,19?,20+/m1/s1. The number of aliphatic carboxylic acids is 1. The number of aryl methyl sites for hydroxylation is 1. The number of carboxylic acids is 1. The highest BCUT2D eigenvalue weighted by Crippen LogP contribution is 2.36. The summed E-state index contributed by atoms with van der Waals surface area (Å²) in [5, 5.41) is 9.78. The summed E-state index contributed by atoms with van der Waals surface area (Å²) in [6.07, 6.45) is 4.56. The maximum atomic E-state index is 13.3. The summed E-state index contributed by atoms with van der Waals surface area (Å²) in [4.78, 5) is 44.9. The maximum Gasteiger partial charge on any atom is 0.328 e. The van der Waals surface area contributed by atoms with E-state index < -0.39 is 29.9 Å². The van der Waals surface area contributed by atoms with Gasteiger partial charge in [0.15, 0.2) is 6.04 Å². The van der Waals surface area contributed by atoms with Gasteiger partial charge in [0.2, 0.25) is 5.91 Å². The van der Waals surface area contributed by atoms with Gasteiger partial charge in [-0.15, -0.1) is 0 Å². The van der Waals surface area contributed by atoms with E-state index in [1.54, 1.807) is 17.2 Å². The number of amides is 3. The number of aromatic nitrogens is 1. The fourth-order valence-electron chi connectivity index (χ4n) is 4.55. The van der Waals surface area contributed by atoms with Crippen molar-refractivity contribution in [2.45, 2.75) is 44.7 Å². The Morgan fingerprint density at radius 1 is 1.17 bits per heavy atom. The summed E-state index contributed by atoms with van der Waals surface area (Å²) < 4.78 is 0. The van der Waals surface area contributed by atoms with Gasteiger partial charge in [-0.2, -0.15) is 0 Å². The highest BCUT2D eigenvalue weighted by molar-refractivity contribution is 6.07. The zero-order valence-electron chi connectivity index (χ0n) is 16.9. The zero-order valence-corrected chi connectivity index (χ0v) is 16.9. The van der Waals surface area contributed by atoms with Crippen LogP contribution >= 0.6 is 0 Å². The Balaban J connectivity index is 1.55. The first-order valence-corrected chi connectivity index (χ1v) is 10.3. The van der Waals surface area contributed by atoms with Crippen LogP contribution in [0.15, 0.2) is 48.7 Å². The molecular formula is C23H25N3O4. The van der Waals surface area contributed by atoms with Crippen LogP contribution in [-0.2, 0) is 16.0 Å². The van der Waals surface area contributed by atoms with Crippen molar-refractivity contribution in [1.82, 2.24) is 14.8 Å². The van der Waals surface area contributed by atoms with Crippen LogP contribution in [0, 0.1) is 12.8 Å². The van der Waals surface area contributed by atoms with E-state index >= 15 is 0 Å². The molecule has 0 bridgehead atoms. The van der Waals surface area contributed by atoms with Gasteiger partial charge in [-0.1, -0.05) is 30.3 Å². The number of β-lactam (4-membered cyclic amide) rings is 1. The molecule has 30 heavy (non-hydrogen) atoms. The number of nitrogens with zero attached hydrogens (tertiary/aromatic N) is 3. The lowest BCUT2D eigenvalue weighted by molar-refractivity contribution is -0.166. The molecule has 4 rings (SSSR count). The predicted molar refractivity (Wildman–Crippen MR) is 110 cm³/mol. The number of rotatable bonds is 4. The number of pyridine rings is 1. The van der Waals surface area contributed by atoms with Crippen molar-refractivity contribution in [1.29, 1.82) is 0 Å². The quantitative estimate of drug-likeness (QED) is 0.786. The molecular weight excluding hydrogens is 382 g/mol. The van der Waals surface area contributed by atoms with Crippen molar-refractivity contribution in [2.24, 2.45) is 5.92 Å². The third-order valence-corrected chi connectivity index (χ3v) is 6.02. The summed E-state index contributed by atoms with van der Waals surface area (Å²) in [5.74, 6) is -2.31. The van der Waals surface area contributed by atoms with Gasteiger partial charge >= 0.3 is 12.0 Å². The first kappa shape index (κ1) is 20.1. The number of carbonyl (C=O) groups excluding carboxylic acids is 2. The molecule has 1 aromatic carbocycles. The van der Waals surface area contributed by atoms with Crippen LogP contribution in [-0.4, -0.2) is 50.4 Å². The summed E-state index contributed by atoms with van der Waals surface area (Å²) in [6, 6.07) is 11.5. The van der Waals surface area contributed by atoms with Gasteiger partial charge in [-0.25, -0.2) is 14.5 Å². The number of benzene rings is 1. The molecule has 2 saturated heterocycles. The van der Waals surface area contributed by atoms with Crippen molar-refractivity contribution in [3.63, 3.8) is 0 Å². The van der Waals surface area contributed by atoms with Crippen LogP contribution in [0.1, 0.15) is 42.1 Å². The molecule has 1 unspecified atom stereocenters. The zero-order chi connectivity index (χ0) is 21.3. The summed E-state index contributed by atoms with van der Waals surface area (Å²) in [7, 11) is 0. The second-order valence-corrected chi connectivity index (χ2v) is 8.01. The van der Waals surface area contributed by atoms with Gasteiger partial charge in [-0.05, 0) is 55.9 Å². The van der Waals surface area contributed by atoms with Gasteiger partial charge in [0.25, 0.3) is 0 Å². The van der Waals surface area contributed by atoms with Crippen molar-refractivity contribution in [3.05, 3.63) is 65.5 Å². The second kappa shape index (κ2) is 8.26. The van der Waals surface area contributed by atoms with Crippen LogP contribution in [0.5, 0.6) is 0 Å². The van der Waals surface area contributed by atoms with Crippen molar-refractivity contribution >= 4 is 17.9 Å². The number of urea groups is 1. The normalized spacial score (nSPS) is 23.8. The van der Waals surface area contributed by atoms with E-state index in [2.05, 4.69) is 4.98 Å². The topological polar surface area (TPSA) is 90.8 Å². The lowest BCUT2D eigenvalue weighted by atomic mass is 9.82. The Morgan fingerprint density at radius 2 is 1.93 bits per heavy atom. The first-order chi connectivity index (χ1) is 14.5. The molecule has 2 aromatic rings. The van der Waals surface area contributed by atoms with Crippen LogP contribution < -0.4 is 0 Å². The van der Waals surface area contributed by atoms with Gasteiger partial charge in [0.05, 0.1) is 12.0 Å². The fraction of sp³-hybridized carbons (Fsp3) is 0.391. The number of hydrogen-bond acceptors (Lipinski definition) is 4. The van der Waals surface area contributed by atoms with Crippen molar-refractivity contribution in [3.8, 4) is 0 Å². The van der Waals surface area contributed by atoms with Gasteiger partial charge in [0.1, 0.15) is 0 Å². The Labute approximate surface area is 175 Å². The molecule has 7 heteroatoms. The molecule has 0 aliphatic carbocycles. The van der Waals surface area contributed by atoms with Crippen LogP contribution in [0.25, 0.3) is 0 Å². The van der Waals surface area contributed by atoms with E-state index in [0.717, 1.165) is 41.0 Å². The molecule has 3 amide bonds. The largest absolute Gasteiger partial charge is 0.480 e. The minimum Gasteiger partial charge on any atom is -0.480 e. The highest BCUT2D eigenvalue weighted by atomic mass is 16.4. The number of likely N-dealkylation sites (tertiary alicyclic amines) is 2. The molecule has 1 aromatic heterocycles. The van der Waals surface area contributed by atoms with Crippen LogP contribution in [0.4, 0.5) is 4.79 Å². The van der Waals surface area contributed by atoms with E-state index in [-0.39, 0.29) is 12.5 Å². The molecule has 156 valence electrons. The minimum atomic E-state index is -1.15. The van der Waals surface area contributed by atoms with Crippen LogP contribution in [0.3, 0.4) is 0 Å². The Kier molecular flexibility index (Phi) is 5.53. The minimum absolute atomic E-state index is 0.142.